The molecule has 1 aliphatic rings. The summed E-state index contributed by atoms with van der Waals surface area (Å²) in [7, 11) is 0. The molecule has 1 aliphatic heterocycles. The molecular formula is C27H24N2O. The second-order valence-electron chi connectivity index (χ2n) is 7.45. The number of benzene rings is 3. The monoisotopic (exact) mass is 392 g/mol. The highest BCUT2D eigenvalue weighted by Gasteiger charge is 2.28. The van der Waals surface area contributed by atoms with Crippen LogP contribution in [0.25, 0.3) is 5.70 Å². The number of hydrogen-bond acceptors (Lipinski definition) is 3. The van der Waals surface area contributed by atoms with Crippen LogP contribution in [0.1, 0.15) is 30.5 Å². The number of ketones is 1. The average molecular weight is 393 g/mol. The van der Waals surface area contributed by atoms with Crippen LogP contribution in [-0.2, 0) is 4.79 Å². The van der Waals surface area contributed by atoms with Gasteiger partial charge in [0.1, 0.15) is 5.84 Å². The Kier molecular flexibility index (Phi) is 5.44. The minimum atomic E-state index is 0.00295. The minimum absolute atomic E-state index is 0.00295. The Morgan fingerprint density at radius 2 is 1.37 bits per heavy atom. The number of anilines is 1. The molecule has 0 amide bonds. The largest absolute Gasteiger partial charge is 0.295 e. The topological polar surface area (TPSA) is 32.7 Å². The molecule has 0 bridgehead atoms. The maximum Gasteiger partial charge on any atom is 0.154 e. The maximum atomic E-state index is 12.2. The second kappa shape index (κ2) is 8.34. The van der Waals surface area contributed by atoms with Gasteiger partial charge in [0.25, 0.3) is 0 Å². The van der Waals surface area contributed by atoms with Crippen LogP contribution in [0.2, 0.25) is 0 Å². The van der Waals surface area contributed by atoms with E-state index in [1.54, 1.807) is 13.0 Å². The number of hydrogen-bond donors (Lipinski definition) is 0. The summed E-state index contributed by atoms with van der Waals surface area (Å²) < 4.78 is 0. The fourth-order valence-corrected chi connectivity index (χ4v) is 3.62. The molecule has 0 aromatic heterocycles. The van der Waals surface area contributed by atoms with E-state index in [1.165, 1.54) is 5.56 Å². The van der Waals surface area contributed by atoms with Gasteiger partial charge in [0.2, 0.25) is 0 Å². The fraction of sp³-hybridized carbons (Fsp3) is 0.111. The van der Waals surface area contributed by atoms with Crippen LogP contribution in [0.15, 0.2) is 107 Å². The molecule has 0 fully saturated rings. The molecule has 0 N–H and O–H groups in total. The van der Waals surface area contributed by atoms with Crippen LogP contribution in [-0.4, -0.2) is 11.6 Å². The number of allylic oxidation sites excluding steroid dienone is 2. The summed E-state index contributed by atoms with van der Waals surface area (Å²) in [6.07, 6.45) is 1.70. The molecule has 0 unspecified atom stereocenters. The van der Waals surface area contributed by atoms with Gasteiger partial charge >= 0.3 is 0 Å². The van der Waals surface area contributed by atoms with Crippen molar-refractivity contribution in [3.8, 4) is 0 Å². The first-order valence-electron chi connectivity index (χ1n) is 10.0. The van der Waals surface area contributed by atoms with E-state index in [2.05, 4.69) is 60.4 Å². The molecule has 0 atom stereocenters. The predicted octanol–water partition coefficient (Wildman–Crippen LogP) is 6.17. The number of aryl methyl sites for hydroxylation is 1. The van der Waals surface area contributed by atoms with Crippen molar-refractivity contribution in [2.75, 3.05) is 4.90 Å². The van der Waals surface area contributed by atoms with Gasteiger partial charge < -0.3 is 0 Å². The highest BCUT2D eigenvalue weighted by Crippen LogP contribution is 2.36. The Bertz CT molecular complexity index is 1150. The van der Waals surface area contributed by atoms with Crippen molar-refractivity contribution < 1.29 is 4.79 Å². The van der Waals surface area contributed by atoms with Gasteiger partial charge in [-0.3, -0.25) is 9.69 Å². The summed E-state index contributed by atoms with van der Waals surface area (Å²) >= 11 is 0. The quantitative estimate of drug-likeness (QED) is 0.498. The molecule has 3 heteroatoms. The molecule has 3 aromatic carbocycles. The van der Waals surface area contributed by atoms with E-state index in [4.69, 9.17) is 4.99 Å². The Balaban J connectivity index is 2.00. The average Bonchev–Trinajstić information content (AvgIpc) is 2.77. The molecule has 0 spiro atoms. The van der Waals surface area contributed by atoms with Gasteiger partial charge in [0.15, 0.2) is 5.78 Å². The molecule has 4 rings (SSSR count). The van der Waals surface area contributed by atoms with Crippen molar-refractivity contribution >= 4 is 23.0 Å². The Morgan fingerprint density at radius 3 is 1.93 bits per heavy atom. The number of aliphatic imine (C=N–C) groups is 1. The van der Waals surface area contributed by atoms with E-state index in [0.29, 0.717) is 0 Å². The van der Waals surface area contributed by atoms with Gasteiger partial charge in [0.05, 0.1) is 11.4 Å². The molecular weight excluding hydrogens is 368 g/mol. The van der Waals surface area contributed by atoms with Crippen LogP contribution in [0.4, 0.5) is 5.69 Å². The lowest BCUT2D eigenvalue weighted by Gasteiger charge is -2.34. The van der Waals surface area contributed by atoms with E-state index in [9.17, 15) is 4.79 Å². The molecule has 0 aliphatic carbocycles. The van der Waals surface area contributed by atoms with E-state index in [0.717, 1.165) is 39.6 Å². The number of carbonyl (C=O) groups is 1. The van der Waals surface area contributed by atoms with Crippen molar-refractivity contribution in [3.05, 3.63) is 119 Å². The smallest absolute Gasteiger partial charge is 0.154 e. The van der Waals surface area contributed by atoms with E-state index in [-0.39, 0.29) is 5.78 Å². The first-order chi connectivity index (χ1) is 14.5. The Morgan fingerprint density at radius 1 is 0.800 bits per heavy atom. The lowest BCUT2D eigenvalue weighted by Crippen LogP contribution is -2.35. The molecule has 0 saturated carbocycles. The number of carbonyl (C=O) groups excluding carboxylic acids is 1. The summed E-state index contributed by atoms with van der Waals surface area (Å²) in [5.41, 5.74) is 6.88. The number of nitrogens with zero attached hydrogens (tertiary/aromatic N) is 2. The summed E-state index contributed by atoms with van der Waals surface area (Å²) in [5, 5.41) is 0. The van der Waals surface area contributed by atoms with Crippen molar-refractivity contribution in [1.29, 1.82) is 0 Å². The zero-order valence-electron chi connectivity index (χ0n) is 17.5. The summed E-state index contributed by atoms with van der Waals surface area (Å²) in [6, 6.07) is 28.5. The molecule has 3 aromatic rings. The molecule has 0 radical (unpaired) electrons. The third kappa shape index (κ3) is 3.87. The standard InChI is InChI=1S/C27H24N2O/c1-19-14-16-24(17-15-19)29-25(18-20(2)30)21(3)26(22-10-6-4-7-11-22)28-27(29)23-12-8-5-9-13-23/h4-18H,1-3H3/b25-18-. The van der Waals surface area contributed by atoms with E-state index >= 15 is 0 Å². The van der Waals surface area contributed by atoms with Gasteiger partial charge in [0, 0.05) is 22.9 Å². The third-order valence-corrected chi connectivity index (χ3v) is 5.12. The summed E-state index contributed by atoms with van der Waals surface area (Å²) in [5.74, 6) is 0.805. The predicted molar refractivity (Wildman–Crippen MR) is 124 cm³/mol. The van der Waals surface area contributed by atoms with Crippen molar-refractivity contribution in [2.24, 2.45) is 4.99 Å². The highest BCUT2D eigenvalue weighted by molar-refractivity contribution is 6.17. The van der Waals surface area contributed by atoms with Gasteiger partial charge in [-0.25, -0.2) is 4.99 Å². The normalized spacial score (nSPS) is 15.4. The van der Waals surface area contributed by atoms with Crippen LogP contribution in [0.5, 0.6) is 0 Å². The number of amidine groups is 1. The highest BCUT2D eigenvalue weighted by atomic mass is 16.1. The van der Waals surface area contributed by atoms with Crippen LogP contribution < -0.4 is 4.90 Å². The van der Waals surface area contributed by atoms with Gasteiger partial charge in [-0.1, -0.05) is 78.4 Å². The van der Waals surface area contributed by atoms with Gasteiger partial charge in [-0.05, 0) is 38.5 Å². The third-order valence-electron chi connectivity index (χ3n) is 5.12. The number of rotatable bonds is 4. The van der Waals surface area contributed by atoms with Crippen LogP contribution in [0.3, 0.4) is 0 Å². The van der Waals surface area contributed by atoms with Crippen molar-refractivity contribution in [1.82, 2.24) is 0 Å². The van der Waals surface area contributed by atoms with Gasteiger partial charge in [-0.2, -0.15) is 0 Å². The second-order valence-corrected chi connectivity index (χ2v) is 7.45. The zero-order chi connectivity index (χ0) is 21.1. The molecule has 148 valence electrons. The molecule has 30 heavy (non-hydrogen) atoms. The summed E-state index contributed by atoms with van der Waals surface area (Å²) in [4.78, 5) is 19.4. The lowest BCUT2D eigenvalue weighted by molar-refractivity contribution is -0.112. The first-order valence-corrected chi connectivity index (χ1v) is 10.0. The fourth-order valence-electron chi connectivity index (χ4n) is 3.62. The SMILES string of the molecule is CC(=O)/C=C1/C(C)=C(c2ccccc2)N=C(c2ccccc2)N1c1ccc(C)cc1. The zero-order valence-corrected chi connectivity index (χ0v) is 17.5. The summed E-state index contributed by atoms with van der Waals surface area (Å²) in [6.45, 7) is 5.68. The van der Waals surface area contributed by atoms with Crippen molar-refractivity contribution in [2.45, 2.75) is 20.8 Å². The van der Waals surface area contributed by atoms with Crippen LogP contribution in [0, 0.1) is 6.92 Å². The Labute approximate surface area is 177 Å². The molecule has 3 nitrogen and oxygen atoms in total. The van der Waals surface area contributed by atoms with Crippen molar-refractivity contribution in [3.63, 3.8) is 0 Å². The molecule has 1 heterocycles. The van der Waals surface area contributed by atoms with E-state index in [1.807, 2.05) is 43.3 Å². The first kappa shape index (κ1) is 19.6. The maximum absolute atomic E-state index is 12.2. The van der Waals surface area contributed by atoms with Crippen LogP contribution >= 0.6 is 0 Å². The lowest BCUT2D eigenvalue weighted by atomic mass is 9.99. The minimum Gasteiger partial charge on any atom is -0.295 e. The Hall–Kier alpha value is -3.72. The molecule has 0 saturated heterocycles. The van der Waals surface area contributed by atoms with E-state index < -0.39 is 0 Å². The van der Waals surface area contributed by atoms with Gasteiger partial charge in [-0.15, -0.1) is 0 Å².